The van der Waals surface area contributed by atoms with Gasteiger partial charge in [0, 0.05) is 16.5 Å². The Morgan fingerprint density at radius 1 is 1.31 bits per heavy atom. The van der Waals surface area contributed by atoms with Gasteiger partial charge in [0.05, 0.1) is 0 Å². The monoisotopic (exact) mass is 284 g/mol. The summed E-state index contributed by atoms with van der Waals surface area (Å²) in [6.45, 7) is 0. The molecule has 0 aromatic heterocycles. The van der Waals surface area contributed by atoms with E-state index in [1.54, 1.807) is 18.2 Å². The van der Waals surface area contributed by atoms with E-state index in [-0.39, 0.29) is 12.1 Å². The molecule has 4 heteroatoms. The maximum Gasteiger partial charge on any atom is 0.243 e. The molecule has 0 fully saturated rings. The number of hydrogen-bond acceptors (Lipinski definition) is 2. The second-order valence-electron chi connectivity index (χ2n) is 3.28. The Morgan fingerprint density at radius 3 is 2.75 bits per heavy atom. The van der Waals surface area contributed by atoms with Crippen molar-refractivity contribution in [2.24, 2.45) is 0 Å². The number of rotatable bonds is 3. The molecular weight excluding hydrogens is 275 g/mol. The van der Waals surface area contributed by atoms with Gasteiger partial charge in [0.15, 0.2) is 0 Å². The molecule has 1 heterocycles. The van der Waals surface area contributed by atoms with Crippen LogP contribution >= 0.6 is 15.9 Å². The Balaban J connectivity index is 1.95. The maximum absolute atomic E-state index is 13.4. The fourth-order valence-electron chi connectivity index (χ4n) is 1.33. The number of halogens is 2. The van der Waals surface area contributed by atoms with Gasteiger partial charge in [-0.2, -0.15) is 0 Å². The molecule has 0 saturated carbocycles. The second kappa shape index (κ2) is 5.16. The van der Waals surface area contributed by atoms with E-state index < -0.39 is 0 Å². The Morgan fingerprint density at radius 2 is 2.06 bits per heavy atom. The average Bonchev–Trinajstić information content (AvgIpc) is 2.74. The van der Waals surface area contributed by atoms with Crippen LogP contribution in [-0.2, 0) is 9.47 Å². The molecule has 2 nitrogen and oxygen atoms in total. The summed E-state index contributed by atoms with van der Waals surface area (Å²) in [7, 11) is 0. The van der Waals surface area contributed by atoms with Crippen molar-refractivity contribution >= 4 is 22.0 Å². The van der Waals surface area contributed by atoms with Crippen molar-refractivity contribution in [3.8, 4) is 0 Å². The highest BCUT2D eigenvalue weighted by Gasteiger charge is 2.09. The van der Waals surface area contributed by atoms with Crippen LogP contribution in [0.4, 0.5) is 4.39 Å². The van der Waals surface area contributed by atoms with Gasteiger partial charge in [0.1, 0.15) is 18.3 Å². The molecule has 0 atom stereocenters. The van der Waals surface area contributed by atoms with Crippen LogP contribution in [0, 0.1) is 5.82 Å². The van der Waals surface area contributed by atoms with E-state index in [0.29, 0.717) is 12.0 Å². The molecule has 0 N–H and O–H groups in total. The van der Waals surface area contributed by atoms with E-state index in [1.165, 1.54) is 18.6 Å². The lowest BCUT2D eigenvalue weighted by molar-refractivity contribution is -0.0187. The molecule has 1 aromatic carbocycles. The highest BCUT2D eigenvalue weighted by atomic mass is 79.9. The summed E-state index contributed by atoms with van der Waals surface area (Å²) in [6, 6.07) is 4.95. The minimum Gasteiger partial charge on any atom is -0.459 e. The quantitative estimate of drug-likeness (QED) is 0.840. The zero-order valence-electron chi connectivity index (χ0n) is 8.40. The summed E-state index contributed by atoms with van der Waals surface area (Å²) in [5, 5.41) is 0. The summed E-state index contributed by atoms with van der Waals surface area (Å²) in [4.78, 5) is 0. The molecule has 0 bridgehead atoms. The zero-order chi connectivity index (χ0) is 11.4. The second-order valence-corrected chi connectivity index (χ2v) is 4.19. The Kier molecular flexibility index (Phi) is 3.62. The van der Waals surface area contributed by atoms with Crippen LogP contribution in [0.25, 0.3) is 6.08 Å². The van der Waals surface area contributed by atoms with Crippen molar-refractivity contribution < 1.29 is 13.9 Å². The first-order valence-electron chi connectivity index (χ1n) is 4.83. The molecule has 16 heavy (non-hydrogen) atoms. The molecule has 0 spiro atoms. The average molecular weight is 285 g/mol. The summed E-state index contributed by atoms with van der Waals surface area (Å²) in [5.41, 5.74) is 0.550. The van der Waals surface area contributed by atoms with Gasteiger partial charge in [0.2, 0.25) is 6.29 Å². The van der Waals surface area contributed by atoms with E-state index in [1.807, 2.05) is 6.08 Å². The minimum atomic E-state index is -0.283. The van der Waals surface area contributed by atoms with E-state index in [4.69, 9.17) is 9.47 Å². The topological polar surface area (TPSA) is 18.5 Å². The van der Waals surface area contributed by atoms with Gasteiger partial charge in [-0.3, -0.25) is 0 Å². The molecule has 0 aliphatic carbocycles. The minimum absolute atomic E-state index is 0.253. The first-order valence-corrected chi connectivity index (χ1v) is 5.62. The van der Waals surface area contributed by atoms with Crippen LogP contribution in [0.1, 0.15) is 12.0 Å². The van der Waals surface area contributed by atoms with Crippen molar-refractivity contribution in [3.63, 3.8) is 0 Å². The smallest absolute Gasteiger partial charge is 0.243 e. The Labute approximate surface area is 101 Å². The van der Waals surface area contributed by atoms with E-state index in [9.17, 15) is 4.39 Å². The molecule has 1 aliphatic heterocycles. The van der Waals surface area contributed by atoms with Crippen molar-refractivity contribution in [2.45, 2.75) is 12.7 Å². The number of ether oxygens (including phenoxy) is 2. The van der Waals surface area contributed by atoms with Gasteiger partial charge in [-0.1, -0.05) is 34.1 Å². The molecule has 1 aliphatic rings. The van der Waals surface area contributed by atoms with Crippen LogP contribution in [0.3, 0.4) is 0 Å². The first kappa shape index (κ1) is 11.2. The van der Waals surface area contributed by atoms with E-state index in [0.717, 1.165) is 4.47 Å². The third kappa shape index (κ3) is 2.85. The lowest BCUT2D eigenvalue weighted by atomic mass is 10.2. The van der Waals surface area contributed by atoms with Gasteiger partial charge in [-0.05, 0) is 12.1 Å². The Hall–Kier alpha value is -1.29. The van der Waals surface area contributed by atoms with Crippen LogP contribution < -0.4 is 0 Å². The van der Waals surface area contributed by atoms with Gasteiger partial charge in [0.25, 0.3) is 0 Å². The molecule has 2 rings (SSSR count). The third-order valence-corrected chi connectivity index (χ3v) is 2.60. The SMILES string of the molecule is Fc1cc(Br)ccc1C=CCC1OC=CO1. The normalized spacial score (nSPS) is 15.4. The summed E-state index contributed by atoms with van der Waals surface area (Å²) < 4.78 is 24.3. The third-order valence-electron chi connectivity index (χ3n) is 2.10. The fourth-order valence-corrected chi connectivity index (χ4v) is 1.66. The Bertz CT molecular complexity index is 421. The van der Waals surface area contributed by atoms with E-state index >= 15 is 0 Å². The summed E-state index contributed by atoms with van der Waals surface area (Å²) in [5.74, 6) is -0.253. The van der Waals surface area contributed by atoms with Gasteiger partial charge in [-0.25, -0.2) is 4.39 Å². The van der Waals surface area contributed by atoms with E-state index in [2.05, 4.69) is 15.9 Å². The number of benzene rings is 1. The molecule has 84 valence electrons. The molecule has 0 saturated heterocycles. The van der Waals surface area contributed by atoms with Gasteiger partial charge in [-0.15, -0.1) is 0 Å². The van der Waals surface area contributed by atoms with Crippen LogP contribution in [0.2, 0.25) is 0 Å². The lowest BCUT2D eigenvalue weighted by Gasteiger charge is -2.06. The largest absolute Gasteiger partial charge is 0.459 e. The molecular formula is C12H10BrFO2. The molecule has 0 unspecified atom stereocenters. The zero-order valence-corrected chi connectivity index (χ0v) is 9.98. The van der Waals surface area contributed by atoms with Crippen molar-refractivity contribution in [3.05, 3.63) is 52.7 Å². The molecule has 1 aromatic rings. The van der Waals surface area contributed by atoms with Crippen molar-refractivity contribution in [1.29, 1.82) is 0 Å². The lowest BCUT2D eigenvalue weighted by Crippen LogP contribution is -2.04. The standard InChI is InChI=1S/C12H10BrFO2/c13-10-5-4-9(11(14)8-10)2-1-3-12-15-6-7-16-12/h1-2,4-8,12H,3H2. The van der Waals surface area contributed by atoms with Crippen molar-refractivity contribution in [2.75, 3.05) is 0 Å². The fraction of sp³-hybridized carbons (Fsp3) is 0.167. The van der Waals surface area contributed by atoms with Crippen molar-refractivity contribution in [1.82, 2.24) is 0 Å². The molecule has 0 amide bonds. The predicted octanol–water partition coefficient (Wildman–Crippen LogP) is 3.84. The van der Waals surface area contributed by atoms with Crippen LogP contribution in [0.5, 0.6) is 0 Å². The van der Waals surface area contributed by atoms with Crippen LogP contribution in [0.15, 0.2) is 41.3 Å². The van der Waals surface area contributed by atoms with Gasteiger partial charge < -0.3 is 9.47 Å². The first-order chi connectivity index (χ1) is 7.75. The maximum atomic E-state index is 13.4. The molecule has 0 radical (unpaired) electrons. The highest BCUT2D eigenvalue weighted by Crippen LogP contribution is 2.17. The van der Waals surface area contributed by atoms with Crippen LogP contribution in [-0.4, -0.2) is 6.29 Å². The van der Waals surface area contributed by atoms with Gasteiger partial charge >= 0.3 is 0 Å². The number of hydrogen-bond donors (Lipinski definition) is 0. The summed E-state index contributed by atoms with van der Waals surface area (Å²) in [6.07, 6.45) is 6.84. The highest BCUT2D eigenvalue weighted by molar-refractivity contribution is 9.10. The summed E-state index contributed by atoms with van der Waals surface area (Å²) >= 11 is 3.21. The predicted molar refractivity (Wildman–Crippen MR) is 62.8 cm³/mol.